The van der Waals surface area contributed by atoms with Gasteiger partial charge < -0.3 is 19.0 Å². The summed E-state index contributed by atoms with van der Waals surface area (Å²) in [6.07, 6.45) is 0. The Morgan fingerprint density at radius 1 is 0.523 bits per heavy atom. The van der Waals surface area contributed by atoms with E-state index in [1.807, 2.05) is 0 Å². The number of carbonyl (C=O) groups is 2. The topological polar surface area (TPSA) is 185 Å². The minimum atomic E-state index is -5.19. The minimum Gasteiger partial charge on any atom is -0.360 e. The Morgan fingerprint density at radius 3 is 1.18 bits per heavy atom. The summed E-state index contributed by atoms with van der Waals surface area (Å²) in [7, 11) is -10.4. The molecule has 5 aromatic carbocycles. The van der Waals surface area contributed by atoms with Crippen molar-refractivity contribution in [2.75, 3.05) is 10.6 Å². The maximum Gasteiger partial charge on any atom is 0.446 e. The summed E-state index contributed by atoms with van der Waals surface area (Å²) in [4.78, 5) is 26.0. The van der Waals surface area contributed by atoms with Crippen LogP contribution in [0.25, 0.3) is 21.5 Å². The quantitative estimate of drug-likeness (QED) is 0.108. The Balaban J connectivity index is 0.00000264. The van der Waals surface area contributed by atoms with Crippen LogP contribution in [0.2, 0.25) is 0 Å². The molecule has 0 atom stereocenters. The van der Waals surface area contributed by atoms with Crippen LogP contribution in [0.4, 0.5) is 11.4 Å². The molecule has 16 heteroatoms. The molecule has 216 valence electrons. The molecule has 0 fully saturated rings. The first-order chi connectivity index (χ1) is 19.9. The molecule has 44 heavy (non-hydrogen) atoms. The summed E-state index contributed by atoms with van der Waals surface area (Å²) < 4.78 is 77.4. The summed E-state index contributed by atoms with van der Waals surface area (Å²) in [5, 5.41) is 4.52. The van der Waals surface area contributed by atoms with Crippen molar-refractivity contribution < 1.29 is 43.9 Å². The summed E-state index contributed by atoms with van der Waals surface area (Å²) in [5.74, 6) is -2.26. The van der Waals surface area contributed by atoms with Crippen LogP contribution < -0.4 is 19.0 Å². The average Bonchev–Trinajstić information content (AvgIpc) is 2.94. The first kappa shape index (κ1) is 35.5. The third-order valence-electron chi connectivity index (χ3n) is 6.02. The first-order valence-corrected chi connectivity index (χ1v) is 14.7. The van der Waals surface area contributed by atoms with E-state index in [4.69, 9.17) is 8.37 Å². The van der Waals surface area contributed by atoms with Crippen molar-refractivity contribution in [1.82, 2.24) is 0 Å². The van der Waals surface area contributed by atoms with Gasteiger partial charge >= 0.3 is 20.8 Å². The molecular formula is C28H20N2Na2O10S2. The average molecular weight is 655 g/mol. The van der Waals surface area contributed by atoms with Crippen molar-refractivity contribution in [2.24, 2.45) is 0 Å². The van der Waals surface area contributed by atoms with Gasteiger partial charge in [0.2, 0.25) is 0 Å². The first-order valence-electron chi connectivity index (χ1n) is 12.0. The molecule has 0 spiro atoms. The van der Waals surface area contributed by atoms with E-state index in [-0.39, 0.29) is 103 Å². The van der Waals surface area contributed by atoms with E-state index in [0.717, 1.165) is 0 Å². The SMILES string of the molecule is O=C(Nc1cccc2c(OS(=O)(=O)O)c3c(NC(=O)c4ccccc4)cccc3c(OS(=O)(=O)O)c12)c1ccccc1.[Na].[Na]. The van der Waals surface area contributed by atoms with Gasteiger partial charge in [0.1, 0.15) is 0 Å². The molecular weight excluding hydrogens is 634 g/mol. The Hall–Kier alpha value is -3.02. The van der Waals surface area contributed by atoms with Gasteiger partial charge in [-0.3, -0.25) is 18.7 Å². The van der Waals surface area contributed by atoms with Crippen LogP contribution in [-0.2, 0) is 20.8 Å². The summed E-state index contributed by atoms with van der Waals surface area (Å²) in [5.41, 5.74) is 0.377. The molecule has 0 aliphatic heterocycles. The number of nitrogens with one attached hydrogen (secondary N) is 2. The van der Waals surface area contributed by atoms with Crippen LogP contribution in [0, 0.1) is 0 Å². The van der Waals surface area contributed by atoms with E-state index in [1.54, 1.807) is 36.4 Å². The number of hydrogen-bond acceptors (Lipinski definition) is 8. The molecule has 0 aliphatic rings. The van der Waals surface area contributed by atoms with E-state index in [0.29, 0.717) is 0 Å². The van der Waals surface area contributed by atoms with Gasteiger partial charge in [-0.1, -0.05) is 60.7 Å². The van der Waals surface area contributed by atoms with Gasteiger partial charge in [-0.05, 0) is 36.4 Å². The standard InChI is InChI=1S/C28H20N2O10S2.2Na/c31-27(17-9-3-1-4-10-17)29-21-15-7-13-19-23(21)25(39-41(33,34)35)20-14-8-16-22(24(20)26(19)40-42(36,37)38)30-28(32)18-11-5-2-6-12-18;;/h1-16H,(H,29,31)(H,30,32)(H,33,34,35)(H,36,37,38);;. The molecule has 5 aromatic rings. The predicted molar refractivity (Wildman–Crippen MR) is 166 cm³/mol. The Morgan fingerprint density at radius 2 is 0.864 bits per heavy atom. The second kappa shape index (κ2) is 14.4. The van der Waals surface area contributed by atoms with Crippen LogP contribution in [0.3, 0.4) is 0 Å². The predicted octanol–water partition coefficient (Wildman–Crippen LogP) is 4.10. The number of fused-ring (bicyclic) bond motifs is 2. The normalized spacial score (nSPS) is 11.1. The van der Waals surface area contributed by atoms with Crippen molar-refractivity contribution in [3.8, 4) is 11.5 Å². The van der Waals surface area contributed by atoms with Crippen molar-refractivity contribution in [1.29, 1.82) is 0 Å². The van der Waals surface area contributed by atoms with Gasteiger partial charge in [-0.15, -0.1) is 0 Å². The van der Waals surface area contributed by atoms with Crippen molar-refractivity contribution >= 4 is 125 Å². The van der Waals surface area contributed by atoms with Gasteiger partial charge in [0.05, 0.1) is 22.1 Å². The minimum absolute atomic E-state index is 0. The summed E-state index contributed by atoms with van der Waals surface area (Å²) in [6, 6.07) is 24.2. The van der Waals surface area contributed by atoms with Gasteiger partial charge in [-0.25, -0.2) is 0 Å². The monoisotopic (exact) mass is 654 g/mol. The van der Waals surface area contributed by atoms with E-state index < -0.39 is 44.1 Å². The van der Waals surface area contributed by atoms with Crippen LogP contribution in [0.5, 0.6) is 11.5 Å². The van der Waals surface area contributed by atoms with E-state index >= 15 is 0 Å². The fourth-order valence-corrected chi connectivity index (χ4v) is 5.17. The Kier molecular flexibility index (Phi) is 11.6. The smallest absolute Gasteiger partial charge is 0.360 e. The molecule has 4 N–H and O–H groups in total. The summed E-state index contributed by atoms with van der Waals surface area (Å²) in [6.45, 7) is 0. The number of hydrogen-bond donors (Lipinski definition) is 4. The van der Waals surface area contributed by atoms with Crippen molar-refractivity contribution in [2.45, 2.75) is 0 Å². The van der Waals surface area contributed by atoms with Crippen LogP contribution >= 0.6 is 0 Å². The molecule has 0 saturated heterocycles. The second-order valence-electron chi connectivity index (χ2n) is 8.78. The Labute approximate surface area is 296 Å². The largest absolute Gasteiger partial charge is 0.446 e. The molecule has 12 nitrogen and oxygen atoms in total. The molecule has 0 aliphatic carbocycles. The van der Waals surface area contributed by atoms with Crippen LogP contribution in [0.1, 0.15) is 20.7 Å². The maximum absolute atomic E-state index is 13.0. The zero-order chi connectivity index (χ0) is 30.1. The summed E-state index contributed by atoms with van der Waals surface area (Å²) >= 11 is 0. The number of carbonyl (C=O) groups excluding carboxylic acids is 2. The molecule has 0 saturated carbocycles. The maximum atomic E-state index is 13.0. The fraction of sp³-hybridized carbons (Fsp3) is 0. The van der Waals surface area contributed by atoms with Crippen molar-refractivity contribution in [3.63, 3.8) is 0 Å². The van der Waals surface area contributed by atoms with Crippen LogP contribution in [-0.4, -0.2) is 96.9 Å². The van der Waals surface area contributed by atoms with Gasteiger partial charge in [0.25, 0.3) is 11.8 Å². The fourth-order valence-electron chi connectivity index (χ4n) is 4.40. The number of rotatable bonds is 8. The van der Waals surface area contributed by atoms with Crippen molar-refractivity contribution in [3.05, 3.63) is 108 Å². The molecule has 0 unspecified atom stereocenters. The van der Waals surface area contributed by atoms with E-state index in [9.17, 15) is 35.5 Å². The molecule has 0 heterocycles. The molecule has 0 aromatic heterocycles. The van der Waals surface area contributed by atoms with Gasteiger partial charge in [0, 0.05) is 81.0 Å². The number of amides is 2. The second-order valence-corrected chi connectivity index (χ2v) is 10.8. The van der Waals surface area contributed by atoms with E-state index in [1.165, 1.54) is 60.7 Å². The van der Waals surface area contributed by atoms with E-state index in [2.05, 4.69) is 10.6 Å². The molecule has 5 rings (SSSR count). The van der Waals surface area contributed by atoms with Gasteiger partial charge in [-0.2, -0.15) is 16.8 Å². The number of benzene rings is 5. The van der Waals surface area contributed by atoms with Crippen LogP contribution in [0.15, 0.2) is 97.1 Å². The Bertz CT molecular complexity index is 1930. The number of anilines is 2. The molecule has 2 amide bonds. The van der Waals surface area contributed by atoms with Gasteiger partial charge in [0.15, 0.2) is 11.5 Å². The molecule has 2 radical (unpaired) electrons. The molecule has 0 bridgehead atoms. The zero-order valence-corrected chi connectivity index (χ0v) is 28.8. The third-order valence-corrected chi connectivity index (χ3v) is 6.77. The third kappa shape index (κ3) is 8.17. The zero-order valence-electron chi connectivity index (χ0n) is 23.2.